The maximum absolute atomic E-state index is 13.7. The molecule has 0 aliphatic carbocycles. The molecule has 10 heteroatoms. The molecule has 0 spiro atoms. The number of amides is 1. The van der Waals surface area contributed by atoms with Crippen molar-refractivity contribution in [3.8, 4) is 5.75 Å². The van der Waals surface area contributed by atoms with Gasteiger partial charge in [-0.05, 0) is 61.4 Å². The molecular weight excluding hydrogens is 520 g/mol. The molecule has 2 aromatic carbocycles. The van der Waals surface area contributed by atoms with Crippen molar-refractivity contribution in [2.75, 3.05) is 33.4 Å². The van der Waals surface area contributed by atoms with Gasteiger partial charge < -0.3 is 19.7 Å². The first-order chi connectivity index (χ1) is 18.5. The Bertz CT molecular complexity index is 1150. The smallest absolute Gasteiger partial charge is 0.407 e. The Morgan fingerprint density at radius 2 is 1.77 bits per heavy atom. The maximum atomic E-state index is 13.7. The molecule has 3 rings (SSSR count). The van der Waals surface area contributed by atoms with Gasteiger partial charge in [0.05, 0.1) is 36.3 Å². The minimum absolute atomic E-state index is 0.0244. The van der Waals surface area contributed by atoms with Crippen molar-refractivity contribution in [2.45, 2.75) is 69.1 Å². The minimum Gasteiger partial charge on any atom is -0.497 e. The van der Waals surface area contributed by atoms with Crippen LogP contribution in [0.1, 0.15) is 45.6 Å². The van der Waals surface area contributed by atoms with Gasteiger partial charge in [-0.25, -0.2) is 13.2 Å². The predicted molar refractivity (Wildman–Crippen MR) is 149 cm³/mol. The van der Waals surface area contributed by atoms with E-state index >= 15 is 0 Å². The van der Waals surface area contributed by atoms with E-state index in [0.717, 1.165) is 18.4 Å². The summed E-state index contributed by atoms with van der Waals surface area (Å²) in [6.45, 7) is 6.34. The van der Waals surface area contributed by atoms with Crippen LogP contribution >= 0.6 is 0 Å². The molecule has 0 radical (unpaired) electrons. The molecule has 216 valence electrons. The standard InChI is InChI=1S/C29H42N2O7S/c1-5-29(16-9-17-38-29)21-31(28(33)34)26(18-23-10-7-6-8-11-23)27(32)20-30(19-22(2)3)39(35,36)25-14-12-24(37-4)13-15-25/h6-8,10-15,22,26-27,32H,5,9,16-21H2,1-4H3,(H,33,34)/t26-,27-,29?/m0/s1. The van der Waals surface area contributed by atoms with Crippen LogP contribution in [0, 0.1) is 5.92 Å². The van der Waals surface area contributed by atoms with Crippen LogP contribution in [0.15, 0.2) is 59.5 Å². The first-order valence-corrected chi connectivity index (χ1v) is 14.9. The normalized spacial score (nSPS) is 19.3. The second-order valence-corrected chi connectivity index (χ2v) is 12.6. The van der Waals surface area contributed by atoms with Crippen molar-refractivity contribution >= 4 is 16.1 Å². The predicted octanol–water partition coefficient (Wildman–Crippen LogP) is 4.25. The average Bonchev–Trinajstić information content (AvgIpc) is 3.39. The Morgan fingerprint density at radius 3 is 2.28 bits per heavy atom. The number of aliphatic hydroxyl groups is 1. The zero-order valence-electron chi connectivity index (χ0n) is 23.3. The summed E-state index contributed by atoms with van der Waals surface area (Å²) in [5, 5.41) is 21.9. The first kappa shape index (κ1) is 30.9. The van der Waals surface area contributed by atoms with Crippen molar-refractivity contribution in [1.29, 1.82) is 0 Å². The first-order valence-electron chi connectivity index (χ1n) is 13.5. The van der Waals surface area contributed by atoms with E-state index in [-0.39, 0.29) is 36.9 Å². The van der Waals surface area contributed by atoms with Crippen LogP contribution in [0.4, 0.5) is 4.79 Å². The Balaban J connectivity index is 1.96. The molecule has 1 aliphatic heterocycles. The fraction of sp³-hybridized carbons (Fsp3) is 0.552. The largest absolute Gasteiger partial charge is 0.497 e. The van der Waals surface area contributed by atoms with E-state index in [1.165, 1.54) is 28.4 Å². The number of carboxylic acid groups (broad SMARTS) is 1. The summed E-state index contributed by atoms with van der Waals surface area (Å²) in [4.78, 5) is 14.0. The molecule has 1 heterocycles. The fourth-order valence-electron chi connectivity index (χ4n) is 5.12. The molecular formula is C29H42N2O7S. The number of aliphatic hydroxyl groups excluding tert-OH is 1. The molecule has 1 amide bonds. The Hall–Kier alpha value is -2.66. The topological polar surface area (TPSA) is 117 Å². The number of methoxy groups -OCH3 is 1. The van der Waals surface area contributed by atoms with E-state index in [9.17, 15) is 23.4 Å². The van der Waals surface area contributed by atoms with E-state index < -0.39 is 33.9 Å². The summed E-state index contributed by atoms with van der Waals surface area (Å²) in [5.41, 5.74) is 0.221. The maximum Gasteiger partial charge on any atom is 0.407 e. The van der Waals surface area contributed by atoms with E-state index in [2.05, 4.69) is 0 Å². The van der Waals surface area contributed by atoms with Crippen LogP contribution in [0.2, 0.25) is 0 Å². The van der Waals surface area contributed by atoms with Crippen LogP contribution in [-0.2, 0) is 21.2 Å². The third-order valence-electron chi connectivity index (χ3n) is 7.32. The van der Waals surface area contributed by atoms with Crippen LogP contribution in [0.3, 0.4) is 0 Å². The van der Waals surface area contributed by atoms with E-state index in [0.29, 0.717) is 18.8 Å². The lowest BCUT2D eigenvalue weighted by Crippen LogP contribution is -2.56. The lowest BCUT2D eigenvalue weighted by molar-refractivity contribution is -0.0456. The number of benzene rings is 2. The Kier molecular flexibility index (Phi) is 10.8. The lowest BCUT2D eigenvalue weighted by Gasteiger charge is -2.40. The quantitative estimate of drug-likeness (QED) is 0.354. The zero-order chi connectivity index (χ0) is 28.6. The molecule has 0 bridgehead atoms. The summed E-state index contributed by atoms with van der Waals surface area (Å²) in [6, 6.07) is 14.5. The number of carbonyl (C=O) groups is 1. The van der Waals surface area contributed by atoms with Gasteiger partial charge in [0.2, 0.25) is 10.0 Å². The van der Waals surface area contributed by atoms with Gasteiger partial charge in [-0.15, -0.1) is 0 Å². The second kappa shape index (κ2) is 13.6. The third kappa shape index (κ3) is 7.94. The Morgan fingerprint density at radius 1 is 1.10 bits per heavy atom. The molecule has 1 unspecified atom stereocenters. The SMILES string of the molecule is CCC1(CN(C(=O)O)[C@@H](Cc2ccccc2)[C@@H](O)CN(CC(C)C)S(=O)(=O)c2ccc(OC)cc2)CCCO1. The van der Waals surface area contributed by atoms with Crippen molar-refractivity contribution in [3.63, 3.8) is 0 Å². The molecule has 2 aromatic rings. The summed E-state index contributed by atoms with van der Waals surface area (Å²) in [5.74, 6) is 0.507. The van der Waals surface area contributed by atoms with Gasteiger partial charge in [-0.1, -0.05) is 51.1 Å². The van der Waals surface area contributed by atoms with Crippen molar-refractivity contribution < 1.29 is 32.9 Å². The van der Waals surface area contributed by atoms with Gasteiger partial charge in [0.1, 0.15) is 5.75 Å². The van der Waals surface area contributed by atoms with Gasteiger partial charge in [0, 0.05) is 19.7 Å². The molecule has 1 fully saturated rings. The number of hydrogen-bond donors (Lipinski definition) is 2. The molecule has 3 atom stereocenters. The van der Waals surface area contributed by atoms with Gasteiger partial charge in [-0.3, -0.25) is 4.90 Å². The van der Waals surface area contributed by atoms with E-state index in [1.54, 1.807) is 12.1 Å². The monoisotopic (exact) mass is 562 g/mol. The van der Waals surface area contributed by atoms with Crippen LogP contribution < -0.4 is 4.74 Å². The summed E-state index contributed by atoms with van der Waals surface area (Å²) in [7, 11) is -2.48. The number of ether oxygens (including phenoxy) is 2. The lowest BCUT2D eigenvalue weighted by atomic mass is 9.93. The highest BCUT2D eigenvalue weighted by Gasteiger charge is 2.41. The second-order valence-electron chi connectivity index (χ2n) is 10.6. The van der Waals surface area contributed by atoms with Crippen molar-refractivity contribution in [1.82, 2.24) is 9.21 Å². The minimum atomic E-state index is -3.98. The van der Waals surface area contributed by atoms with E-state index in [4.69, 9.17) is 9.47 Å². The average molecular weight is 563 g/mol. The molecule has 1 saturated heterocycles. The van der Waals surface area contributed by atoms with E-state index in [1.807, 2.05) is 51.1 Å². The van der Waals surface area contributed by atoms with Crippen molar-refractivity contribution in [2.24, 2.45) is 5.92 Å². The summed E-state index contributed by atoms with van der Waals surface area (Å²) in [6.07, 6.45) is -0.0276. The number of hydrogen-bond acceptors (Lipinski definition) is 6. The highest BCUT2D eigenvalue weighted by atomic mass is 32.2. The summed E-state index contributed by atoms with van der Waals surface area (Å²) >= 11 is 0. The van der Waals surface area contributed by atoms with Crippen LogP contribution in [-0.4, -0.2) is 85.0 Å². The molecule has 39 heavy (non-hydrogen) atoms. The molecule has 0 saturated carbocycles. The van der Waals surface area contributed by atoms with Gasteiger partial charge in [-0.2, -0.15) is 4.31 Å². The number of rotatable bonds is 14. The summed E-state index contributed by atoms with van der Waals surface area (Å²) < 4.78 is 39.8. The highest BCUT2D eigenvalue weighted by Crippen LogP contribution is 2.32. The third-order valence-corrected chi connectivity index (χ3v) is 9.17. The van der Waals surface area contributed by atoms with Crippen LogP contribution in [0.25, 0.3) is 0 Å². The highest BCUT2D eigenvalue weighted by molar-refractivity contribution is 7.89. The zero-order valence-corrected chi connectivity index (χ0v) is 24.1. The molecule has 1 aliphatic rings. The van der Waals surface area contributed by atoms with Crippen molar-refractivity contribution in [3.05, 3.63) is 60.2 Å². The molecule has 2 N–H and O–H groups in total. The van der Waals surface area contributed by atoms with Gasteiger partial charge >= 0.3 is 6.09 Å². The molecule has 0 aromatic heterocycles. The number of nitrogens with zero attached hydrogens (tertiary/aromatic N) is 2. The fourth-order valence-corrected chi connectivity index (χ4v) is 6.74. The van der Waals surface area contributed by atoms with Gasteiger partial charge in [0.25, 0.3) is 0 Å². The molecule has 9 nitrogen and oxygen atoms in total. The van der Waals surface area contributed by atoms with Crippen LogP contribution in [0.5, 0.6) is 5.75 Å². The van der Waals surface area contributed by atoms with Gasteiger partial charge in [0.15, 0.2) is 0 Å². The Labute approximate surface area is 232 Å². The number of sulfonamides is 1.